The fraction of sp³-hybridized carbons (Fsp3) is 0. The van der Waals surface area contributed by atoms with Gasteiger partial charge in [0.25, 0.3) is 0 Å². The third-order valence-corrected chi connectivity index (χ3v) is 2.98. The van der Waals surface area contributed by atoms with E-state index in [1.807, 2.05) is 11.4 Å². The van der Waals surface area contributed by atoms with Crippen LogP contribution in [0.25, 0.3) is 6.08 Å². The molecule has 1 rings (SSSR count). The maximum atomic E-state index is 8.46. The van der Waals surface area contributed by atoms with Gasteiger partial charge in [-0.1, -0.05) is 0 Å². The number of rotatable bonds is 1. The molecule has 12 heavy (non-hydrogen) atoms. The average Bonchev–Trinajstić information content (AvgIpc) is 2.47. The summed E-state index contributed by atoms with van der Waals surface area (Å²) in [5, 5.41) is 18.8. The SMILES string of the molecule is N#CC(C#N)=Cc1sccc1Br. The fourth-order valence-electron chi connectivity index (χ4n) is 0.629. The number of nitriles is 2. The van der Waals surface area contributed by atoms with Gasteiger partial charge in [0, 0.05) is 9.35 Å². The van der Waals surface area contributed by atoms with Crippen molar-refractivity contribution in [1.82, 2.24) is 0 Å². The summed E-state index contributed by atoms with van der Waals surface area (Å²) in [7, 11) is 0. The highest BCUT2D eigenvalue weighted by Crippen LogP contribution is 2.24. The third-order valence-electron chi connectivity index (χ3n) is 1.16. The molecule has 0 unspecified atom stereocenters. The van der Waals surface area contributed by atoms with Crippen LogP contribution in [0.3, 0.4) is 0 Å². The van der Waals surface area contributed by atoms with Gasteiger partial charge in [0.2, 0.25) is 0 Å². The zero-order chi connectivity index (χ0) is 8.97. The van der Waals surface area contributed by atoms with Crippen LogP contribution in [0.15, 0.2) is 21.5 Å². The van der Waals surface area contributed by atoms with E-state index in [9.17, 15) is 0 Å². The summed E-state index contributed by atoms with van der Waals surface area (Å²) < 4.78 is 0.913. The standard InChI is InChI=1S/C8H3BrN2S/c9-7-1-2-12-8(7)3-6(4-10)5-11/h1-3H. The van der Waals surface area contributed by atoms with Gasteiger partial charge in [-0.3, -0.25) is 0 Å². The molecule has 0 fully saturated rings. The van der Waals surface area contributed by atoms with Gasteiger partial charge in [-0.05, 0) is 33.5 Å². The summed E-state index contributed by atoms with van der Waals surface area (Å²) in [4.78, 5) is 0.896. The molecule has 1 aromatic heterocycles. The van der Waals surface area contributed by atoms with Crippen molar-refractivity contribution in [2.24, 2.45) is 0 Å². The molecule has 2 nitrogen and oxygen atoms in total. The molecule has 4 heteroatoms. The van der Waals surface area contributed by atoms with Crippen LogP contribution in [0.1, 0.15) is 4.88 Å². The molecule has 0 aromatic carbocycles. The Labute approximate surface area is 82.5 Å². The minimum atomic E-state index is 0.123. The number of thiophene rings is 1. The van der Waals surface area contributed by atoms with Crippen LogP contribution in [0.2, 0.25) is 0 Å². The lowest BCUT2D eigenvalue weighted by Gasteiger charge is -1.85. The molecule has 0 saturated carbocycles. The highest BCUT2D eigenvalue weighted by atomic mass is 79.9. The summed E-state index contributed by atoms with van der Waals surface area (Å²) in [6.45, 7) is 0. The van der Waals surface area contributed by atoms with Gasteiger partial charge in [0.15, 0.2) is 0 Å². The van der Waals surface area contributed by atoms with Crippen molar-refractivity contribution < 1.29 is 0 Å². The second-order valence-corrected chi connectivity index (χ2v) is 3.72. The number of nitrogens with zero attached hydrogens (tertiary/aromatic N) is 2. The Morgan fingerprint density at radius 2 is 2.17 bits per heavy atom. The van der Waals surface area contributed by atoms with Gasteiger partial charge in [-0.15, -0.1) is 11.3 Å². The summed E-state index contributed by atoms with van der Waals surface area (Å²) in [5.41, 5.74) is 0.123. The first kappa shape index (κ1) is 8.99. The van der Waals surface area contributed by atoms with Gasteiger partial charge in [-0.25, -0.2) is 0 Å². The first-order chi connectivity index (χ1) is 5.77. The zero-order valence-electron chi connectivity index (χ0n) is 5.91. The molecule has 0 aliphatic carbocycles. The van der Waals surface area contributed by atoms with Crippen LogP contribution in [0, 0.1) is 22.7 Å². The minimum absolute atomic E-state index is 0.123. The van der Waals surface area contributed by atoms with Crippen molar-refractivity contribution in [1.29, 1.82) is 10.5 Å². The third kappa shape index (κ3) is 1.94. The average molecular weight is 239 g/mol. The largest absolute Gasteiger partial charge is 0.192 e. The topological polar surface area (TPSA) is 47.6 Å². The van der Waals surface area contributed by atoms with Crippen LogP contribution in [0.5, 0.6) is 0 Å². The second kappa shape index (κ2) is 4.06. The Morgan fingerprint density at radius 1 is 1.50 bits per heavy atom. The lowest BCUT2D eigenvalue weighted by atomic mass is 10.3. The van der Waals surface area contributed by atoms with E-state index in [0.29, 0.717) is 0 Å². The molecule has 0 atom stereocenters. The van der Waals surface area contributed by atoms with E-state index >= 15 is 0 Å². The number of allylic oxidation sites excluding steroid dienone is 1. The zero-order valence-corrected chi connectivity index (χ0v) is 8.32. The van der Waals surface area contributed by atoms with E-state index in [4.69, 9.17) is 10.5 Å². The van der Waals surface area contributed by atoms with E-state index in [0.717, 1.165) is 9.35 Å². The van der Waals surface area contributed by atoms with Crippen LogP contribution in [-0.2, 0) is 0 Å². The molecule has 58 valence electrons. The molecular weight excluding hydrogens is 236 g/mol. The van der Waals surface area contributed by atoms with Gasteiger partial charge >= 0.3 is 0 Å². The molecule has 1 heterocycles. The highest BCUT2D eigenvalue weighted by molar-refractivity contribution is 9.10. The minimum Gasteiger partial charge on any atom is -0.192 e. The molecule has 0 spiro atoms. The van der Waals surface area contributed by atoms with Crippen LogP contribution < -0.4 is 0 Å². The lowest BCUT2D eigenvalue weighted by Crippen LogP contribution is -1.70. The molecule has 0 aliphatic rings. The van der Waals surface area contributed by atoms with E-state index in [1.54, 1.807) is 18.2 Å². The van der Waals surface area contributed by atoms with E-state index < -0.39 is 0 Å². The molecule has 0 bridgehead atoms. The molecule has 0 saturated heterocycles. The lowest BCUT2D eigenvalue weighted by molar-refractivity contribution is 1.47. The Balaban J connectivity index is 3.05. The van der Waals surface area contributed by atoms with E-state index in [-0.39, 0.29) is 5.57 Å². The number of halogens is 1. The molecule has 0 amide bonds. The summed E-state index contributed by atoms with van der Waals surface area (Å²) >= 11 is 4.78. The summed E-state index contributed by atoms with van der Waals surface area (Å²) in [6.07, 6.45) is 1.56. The predicted molar refractivity (Wildman–Crippen MR) is 51.2 cm³/mol. The van der Waals surface area contributed by atoms with Crippen molar-refractivity contribution in [3.63, 3.8) is 0 Å². The van der Waals surface area contributed by atoms with Crippen molar-refractivity contribution in [2.75, 3.05) is 0 Å². The van der Waals surface area contributed by atoms with Gasteiger partial charge < -0.3 is 0 Å². The monoisotopic (exact) mass is 238 g/mol. The maximum absolute atomic E-state index is 8.46. The van der Waals surface area contributed by atoms with Crippen LogP contribution in [0.4, 0.5) is 0 Å². The number of hydrogen-bond acceptors (Lipinski definition) is 3. The molecule has 0 aliphatic heterocycles. The van der Waals surface area contributed by atoms with E-state index in [2.05, 4.69) is 15.9 Å². The normalized spacial score (nSPS) is 8.25. The Morgan fingerprint density at radius 3 is 2.58 bits per heavy atom. The van der Waals surface area contributed by atoms with Crippen molar-refractivity contribution >= 4 is 33.3 Å². The van der Waals surface area contributed by atoms with Crippen molar-refractivity contribution in [3.8, 4) is 12.1 Å². The Kier molecular flexibility index (Phi) is 3.04. The predicted octanol–water partition coefficient (Wildman–Crippen LogP) is 2.94. The molecule has 0 N–H and O–H groups in total. The van der Waals surface area contributed by atoms with E-state index in [1.165, 1.54) is 11.3 Å². The van der Waals surface area contributed by atoms with Crippen molar-refractivity contribution in [3.05, 3.63) is 26.4 Å². The smallest absolute Gasteiger partial charge is 0.131 e. The quantitative estimate of drug-likeness (QED) is 0.707. The highest BCUT2D eigenvalue weighted by Gasteiger charge is 1.99. The second-order valence-electron chi connectivity index (χ2n) is 1.91. The molecule has 1 aromatic rings. The molecule has 0 radical (unpaired) electrons. The van der Waals surface area contributed by atoms with Gasteiger partial charge in [-0.2, -0.15) is 10.5 Å². The number of hydrogen-bond donors (Lipinski definition) is 0. The Bertz CT molecular complexity index is 376. The summed E-state index contributed by atoms with van der Waals surface area (Å²) in [6, 6.07) is 5.48. The fourth-order valence-corrected chi connectivity index (χ4v) is 2.05. The van der Waals surface area contributed by atoms with Crippen LogP contribution in [-0.4, -0.2) is 0 Å². The summed E-state index contributed by atoms with van der Waals surface area (Å²) in [5.74, 6) is 0. The van der Waals surface area contributed by atoms with Gasteiger partial charge in [0.05, 0.1) is 0 Å². The van der Waals surface area contributed by atoms with Gasteiger partial charge in [0.1, 0.15) is 17.7 Å². The van der Waals surface area contributed by atoms with Crippen LogP contribution >= 0.6 is 27.3 Å². The first-order valence-electron chi connectivity index (χ1n) is 3.03. The first-order valence-corrected chi connectivity index (χ1v) is 4.70. The Hall–Kier alpha value is -1.10. The van der Waals surface area contributed by atoms with Crippen molar-refractivity contribution in [2.45, 2.75) is 0 Å². The molecular formula is C8H3BrN2S. The maximum Gasteiger partial charge on any atom is 0.131 e.